The van der Waals surface area contributed by atoms with Gasteiger partial charge in [-0.25, -0.2) is 9.97 Å². The van der Waals surface area contributed by atoms with E-state index in [-0.39, 0.29) is 23.0 Å². The number of likely N-dealkylation sites (tertiary alicyclic amines) is 1. The number of amides is 2. The van der Waals surface area contributed by atoms with Crippen molar-refractivity contribution < 1.29 is 41.0 Å². The molecular formula is C23H25F6N5O3S. The molecule has 3 heterocycles. The summed E-state index contributed by atoms with van der Waals surface area (Å²) in [4.78, 5) is 34.6. The van der Waals surface area contributed by atoms with E-state index in [1.54, 1.807) is 0 Å². The number of halogens is 6. The molecule has 0 saturated carbocycles. The molecule has 8 nitrogen and oxygen atoms in total. The lowest BCUT2D eigenvalue weighted by molar-refractivity contribution is -0.138. The fraction of sp³-hybridized carbons (Fsp3) is 0.478. The number of rotatable bonds is 7. The van der Waals surface area contributed by atoms with E-state index in [9.17, 15) is 41.0 Å². The van der Waals surface area contributed by atoms with Crippen LogP contribution in [0.5, 0.6) is 0 Å². The Bertz CT molecular complexity index is 1240. The number of allylic oxidation sites excluding steroid dienone is 1. The van der Waals surface area contributed by atoms with Crippen molar-refractivity contribution in [2.75, 3.05) is 18.4 Å². The largest absolute Gasteiger partial charge is 0.417 e. The fourth-order valence-corrected chi connectivity index (χ4v) is 4.48. The molecule has 0 aromatic carbocycles. The van der Waals surface area contributed by atoms with Crippen LogP contribution in [-0.4, -0.2) is 62.7 Å². The van der Waals surface area contributed by atoms with E-state index in [2.05, 4.69) is 21.9 Å². The van der Waals surface area contributed by atoms with Gasteiger partial charge >= 0.3 is 12.4 Å². The highest BCUT2D eigenvalue weighted by Crippen LogP contribution is 2.42. The lowest BCUT2D eigenvalue weighted by Crippen LogP contribution is -2.38. The minimum absolute atomic E-state index is 0.208. The molecule has 208 valence electrons. The number of thiazole rings is 1. The molecule has 2 aromatic rings. The highest BCUT2D eigenvalue weighted by molar-refractivity contribution is 7.17. The average Bonchev–Trinajstić information content (AvgIpc) is 3.42. The number of aliphatic hydroxyl groups is 1. The normalized spacial score (nSPS) is 15.5. The second-order valence-electron chi connectivity index (χ2n) is 9.34. The Hall–Kier alpha value is -3.20. The quantitative estimate of drug-likeness (QED) is 0.415. The first-order chi connectivity index (χ1) is 17.4. The number of anilines is 1. The molecular weight excluding hydrogens is 540 g/mol. The van der Waals surface area contributed by atoms with Crippen molar-refractivity contribution in [3.8, 4) is 10.4 Å². The van der Waals surface area contributed by atoms with E-state index in [1.807, 2.05) is 5.32 Å². The van der Waals surface area contributed by atoms with Crippen molar-refractivity contribution in [3.63, 3.8) is 0 Å². The Kier molecular flexibility index (Phi) is 8.13. The Morgan fingerprint density at radius 3 is 2.42 bits per heavy atom. The first kappa shape index (κ1) is 29.4. The van der Waals surface area contributed by atoms with Crippen molar-refractivity contribution in [3.05, 3.63) is 40.8 Å². The summed E-state index contributed by atoms with van der Waals surface area (Å²) in [7, 11) is 0. The summed E-state index contributed by atoms with van der Waals surface area (Å²) in [6.45, 7) is 7.39. The van der Waals surface area contributed by atoms with Gasteiger partial charge in [-0.2, -0.15) is 26.3 Å². The summed E-state index contributed by atoms with van der Waals surface area (Å²) in [5, 5.41) is 13.8. The zero-order valence-electron chi connectivity index (χ0n) is 20.5. The number of carbonyl (C=O) groups excluding carboxylic acids is 2. The number of nitrogens with zero attached hydrogens (tertiary/aromatic N) is 3. The zero-order valence-corrected chi connectivity index (χ0v) is 21.4. The molecule has 2 aromatic heterocycles. The second kappa shape index (κ2) is 10.5. The Balaban J connectivity index is 2.13. The van der Waals surface area contributed by atoms with Crippen molar-refractivity contribution in [1.82, 2.24) is 20.2 Å². The number of nitrogens with one attached hydrogen (secondary N) is 2. The van der Waals surface area contributed by atoms with Gasteiger partial charge in [0.05, 0.1) is 16.0 Å². The van der Waals surface area contributed by atoms with E-state index < -0.39 is 58.4 Å². The van der Waals surface area contributed by atoms with Crippen LogP contribution in [0.15, 0.2) is 24.5 Å². The van der Waals surface area contributed by atoms with Crippen LogP contribution in [0.25, 0.3) is 10.4 Å². The van der Waals surface area contributed by atoms with Gasteiger partial charge in [0.15, 0.2) is 5.01 Å². The third kappa shape index (κ3) is 6.81. The molecule has 1 aliphatic heterocycles. The molecule has 38 heavy (non-hydrogen) atoms. The van der Waals surface area contributed by atoms with E-state index in [4.69, 9.17) is 0 Å². The number of alkyl halides is 6. The standard InChI is InChI=1S/C23H25F6N5O3S/c1-11-6-5-7-34(11)20(36)16-17(38-19(33-16)18(35)31-10-21(3,4)37)13-9-30-15(8-14(13)23(27,28)29)32-12(2)22(24,25)26/h8-9,12,37H,1,5-7,10H2,2-4H3,(H,30,32)(H,31,35)/t12-/m1/s1. The number of hydrogen-bond donors (Lipinski definition) is 3. The molecule has 3 N–H and O–H groups in total. The molecule has 1 fully saturated rings. The molecule has 0 bridgehead atoms. The zero-order chi connectivity index (χ0) is 28.6. The van der Waals surface area contributed by atoms with Gasteiger partial charge in [0, 0.05) is 30.5 Å². The van der Waals surface area contributed by atoms with Gasteiger partial charge in [-0.1, -0.05) is 6.58 Å². The highest BCUT2D eigenvalue weighted by atomic mass is 32.1. The predicted molar refractivity (Wildman–Crippen MR) is 128 cm³/mol. The van der Waals surface area contributed by atoms with Crippen LogP contribution in [-0.2, 0) is 6.18 Å². The summed E-state index contributed by atoms with van der Waals surface area (Å²) in [6.07, 6.45) is -8.04. The van der Waals surface area contributed by atoms with E-state index in [0.717, 1.165) is 6.92 Å². The SMILES string of the molecule is C=C1CCCN1C(=O)c1nc(C(=O)NCC(C)(C)O)sc1-c1cnc(N[C@H](C)C(F)(F)F)cc1C(F)(F)F. The smallest absolute Gasteiger partial charge is 0.389 e. The molecule has 1 aliphatic rings. The third-order valence-corrected chi connectivity index (χ3v) is 6.58. The maximum Gasteiger partial charge on any atom is 0.417 e. The third-order valence-electron chi connectivity index (χ3n) is 5.49. The topological polar surface area (TPSA) is 107 Å². The van der Waals surface area contributed by atoms with Crippen molar-refractivity contribution in [2.24, 2.45) is 0 Å². The number of hydrogen-bond acceptors (Lipinski definition) is 7. The van der Waals surface area contributed by atoms with E-state index in [0.29, 0.717) is 42.1 Å². The van der Waals surface area contributed by atoms with Crippen LogP contribution in [0.2, 0.25) is 0 Å². The summed E-state index contributed by atoms with van der Waals surface area (Å²) in [5.41, 5.74) is -3.33. The van der Waals surface area contributed by atoms with E-state index in [1.165, 1.54) is 18.7 Å². The Morgan fingerprint density at radius 2 is 1.89 bits per heavy atom. The van der Waals surface area contributed by atoms with Crippen LogP contribution in [0.1, 0.15) is 59.5 Å². The van der Waals surface area contributed by atoms with Crippen LogP contribution >= 0.6 is 11.3 Å². The lowest BCUT2D eigenvalue weighted by Gasteiger charge is -2.20. The first-order valence-corrected chi connectivity index (χ1v) is 12.1. The van der Waals surface area contributed by atoms with Gasteiger partial charge in [0.1, 0.15) is 17.6 Å². The van der Waals surface area contributed by atoms with Crippen molar-refractivity contribution in [1.29, 1.82) is 0 Å². The predicted octanol–water partition coefficient (Wildman–Crippen LogP) is 4.84. The van der Waals surface area contributed by atoms with Crippen LogP contribution in [0.4, 0.5) is 32.2 Å². The molecule has 15 heteroatoms. The fourth-order valence-electron chi connectivity index (χ4n) is 3.48. The van der Waals surface area contributed by atoms with Crippen molar-refractivity contribution in [2.45, 2.75) is 57.6 Å². The maximum atomic E-state index is 14.1. The molecule has 0 spiro atoms. The van der Waals surface area contributed by atoms with Crippen LogP contribution in [0, 0.1) is 0 Å². The van der Waals surface area contributed by atoms with Gasteiger partial charge in [0.2, 0.25) is 0 Å². The monoisotopic (exact) mass is 565 g/mol. The van der Waals surface area contributed by atoms with Gasteiger partial charge in [-0.15, -0.1) is 11.3 Å². The summed E-state index contributed by atoms with van der Waals surface area (Å²) in [6, 6.07) is -1.77. The molecule has 3 rings (SSSR count). The minimum Gasteiger partial charge on any atom is -0.389 e. The molecule has 2 amide bonds. The average molecular weight is 566 g/mol. The maximum absolute atomic E-state index is 14.1. The van der Waals surface area contributed by atoms with Gasteiger partial charge in [-0.3, -0.25) is 9.59 Å². The first-order valence-electron chi connectivity index (χ1n) is 11.3. The van der Waals surface area contributed by atoms with E-state index >= 15 is 0 Å². The van der Waals surface area contributed by atoms with Gasteiger partial charge < -0.3 is 20.6 Å². The molecule has 1 atom stereocenters. The molecule has 0 unspecified atom stereocenters. The highest BCUT2D eigenvalue weighted by Gasteiger charge is 2.40. The summed E-state index contributed by atoms with van der Waals surface area (Å²) in [5.74, 6) is -2.29. The lowest BCUT2D eigenvalue weighted by atomic mass is 10.1. The molecule has 0 radical (unpaired) electrons. The number of pyridine rings is 1. The number of aromatic nitrogens is 2. The Morgan fingerprint density at radius 1 is 1.24 bits per heavy atom. The number of carbonyl (C=O) groups is 2. The summed E-state index contributed by atoms with van der Waals surface area (Å²) < 4.78 is 81.0. The Labute approximate surface area is 217 Å². The summed E-state index contributed by atoms with van der Waals surface area (Å²) >= 11 is 0.492. The van der Waals surface area contributed by atoms with Crippen LogP contribution < -0.4 is 10.6 Å². The van der Waals surface area contributed by atoms with Crippen LogP contribution in [0.3, 0.4) is 0 Å². The van der Waals surface area contributed by atoms with Crippen molar-refractivity contribution >= 4 is 29.0 Å². The minimum atomic E-state index is -5.05. The van der Waals surface area contributed by atoms with Gasteiger partial charge in [-0.05, 0) is 39.7 Å². The molecule has 0 aliphatic carbocycles. The second-order valence-corrected chi connectivity index (χ2v) is 10.3. The molecule has 1 saturated heterocycles. The van der Waals surface area contributed by atoms with Gasteiger partial charge in [0.25, 0.3) is 11.8 Å².